The summed E-state index contributed by atoms with van der Waals surface area (Å²) >= 11 is 0. The lowest BCUT2D eigenvalue weighted by molar-refractivity contribution is 0.234. The Bertz CT molecular complexity index is 562. The number of likely N-dealkylation sites (tertiary alicyclic amines) is 1. The summed E-state index contributed by atoms with van der Waals surface area (Å²) < 4.78 is 5.32. The van der Waals surface area contributed by atoms with Crippen LogP contribution in [0.15, 0.2) is 36.4 Å². The number of nitrogens with one attached hydrogen (secondary N) is 1. The lowest BCUT2D eigenvalue weighted by atomic mass is 9.93. The van der Waals surface area contributed by atoms with Gasteiger partial charge in [-0.2, -0.15) is 0 Å². The second-order valence-corrected chi connectivity index (χ2v) is 7.73. The third kappa shape index (κ3) is 3.38. The van der Waals surface area contributed by atoms with E-state index < -0.39 is 0 Å². The first-order chi connectivity index (χ1) is 11.8. The zero-order chi connectivity index (χ0) is 16.4. The van der Waals surface area contributed by atoms with Crippen LogP contribution in [0.1, 0.15) is 37.3 Å². The van der Waals surface area contributed by atoms with Gasteiger partial charge in [-0.1, -0.05) is 24.3 Å². The second-order valence-electron chi connectivity index (χ2n) is 7.73. The maximum absolute atomic E-state index is 5.32. The van der Waals surface area contributed by atoms with Crippen molar-refractivity contribution in [2.24, 2.45) is 17.8 Å². The molecule has 3 nitrogen and oxygen atoms in total. The number of hydrogen-bond donors (Lipinski definition) is 1. The Morgan fingerprint density at radius 2 is 1.92 bits per heavy atom. The standard InChI is InChI=1S/C21H30N2O/c1-24-20-8-6-17(7-9-20)21(23-10-2-3-11-23)15-22-14-19-13-16-4-5-18(19)12-16/h4-9,16,18-19,21-22H,2-3,10-15H2,1H3. The van der Waals surface area contributed by atoms with Crippen molar-refractivity contribution in [2.45, 2.75) is 31.7 Å². The van der Waals surface area contributed by atoms with E-state index in [0.29, 0.717) is 6.04 Å². The van der Waals surface area contributed by atoms with E-state index in [2.05, 4.69) is 46.6 Å². The Labute approximate surface area is 146 Å². The average Bonchev–Trinajstić information content (AvgIpc) is 3.36. The molecule has 1 aliphatic heterocycles. The van der Waals surface area contributed by atoms with Crippen LogP contribution in [0.3, 0.4) is 0 Å². The van der Waals surface area contributed by atoms with Crippen LogP contribution < -0.4 is 10.1 Å². The van der Waals surface area contributed by atoms with Crippen LogP contribution >= 0.6 is 0 Å². The first-order valence-corrected chi connectivity index (χ1v) is 9.60. The number of ether oxygens (including phenoxy) is 1. The highest BCUT2D eigenvalue weighted by atomic mass is 16.5. The number of nitrogens with zero attached hydrogens (tertiary/aromatic N) is 1. The Kier molecular flexibility index (Phi) is 4.91. The maximum Gasteiger partial charge on any atom is 0.118 e. The van der Waals surface area contributed by atoms with Crippen LogP contribution in [0.2, 0.25) is 0 Å². The summed E-state index contributed by atoms with van der Waals surface area (Å²) in [5, 5.41) is 3.81. The first-order valence-electron chi connectivity index (χ1n) is 9.60. The van der Waals surface area contributed by atoms with Crippen molar-refractivity contribution < 1.29 is 4.74 Å². The summed E-state index contributed by atoms with van der Waals surface area (Å²) in [6.07, 6.45) is 10.4. The van der Waals surface area contributed by atoms with Crippen molar-refractivity contribution >= 4 is 0 Å². The van der Waals surface area contributed by atoms with Gasteiger partial charge in [-0.15, -0.1) is 0 Å². The molecule has 0 spiro atoms. The molecule has 24 heavy (non-hydrogen) atoms. The van der Waals surface area contributed by atoms with Crippen molar-refractivity contribution in [1.82, 2.24) is 10.2 Å². The summed E-state index contributed by atoms with van der Waals surface area (Å²) in [5.41, 5.74) is 1.41. The third-order valence-corrected chi connectivity index (χ3v) is 6.24. The molecular weight excluding hydrogens is 296 g/mol. The van der Waals surface area contributed by atoms with Crippen LogP contribution in [-0.2, 0) is 0 Å². The Morgan fingerprint density at radius 1 is 1.12 bits per heavy atom. The van der Waals surface area contributed by atoms with Gasteiger partial charge in [0.05, 0.1) is 7.11 Å². The minimum absolute atomic E-state index is 0.493. The predicted molar refractivity (Wildman–Crippen MR) is 98.3 cm³/mol. The van der Waals surface area contributed by atoms with E-state index in [9.17, 15) is 0 Å². The quantitative estimate of drug-likeness (QED) is 0.774. The van der Waals surface area contributed by atoms with E-state index >= 15 is 0 Å². The fourth-order valence-electron chi connectivity index (χ4n) is 4.87. The number of rotatable bonds is 7. The highest BCUT2D eigenvalue weighted by Crippen LogP contribution is 2.43. The van der Waals surface area contributed by atoms with E-state index in [0.717, 1.165) is 30.0 Å². The van der Waals surface area contributed by atoms with Crippen molar-refractivity contribution in [2.75, 3.05) is 33.3 Å². The van der Waals surface area contributed by atoms with Crippen LogP contribution in [0.4, 0.5) is 0 Å². The molecule has 1 saturated carbocycles. The number of hydrogen-bond acceptors (Lipinski definition) is 3. The third-order valence-electron chi connectivity index (χ3n) is 6.24. The number of fused-ring (bicyclic) bond motifs is 2. The molecule has 4 atom stereocenters. The van der Waals surface area contributed by atoms with Gasteiger partial charge in [0.15, 0.2) is 0 Å². The molecule has 1 heterocycles. The Balaban J connectivity index is 1.37. The molecule has 4 rings (SSSR count). The fraction of sp³-hybridized carbons (Fsp3) is 0.619. The topological polar surface area (TPSA) is 24.5 Å². The Hall–Kier alpha value is -1.32. The molecule has 1 aromatic rings. The summed E-state index contributed by atoms with van der Waals surface area (Å²) in [4.78, 5) is 2.65. The molecule has 3 heteroatoms. The summed E-state index contributed by atoms with van der Waals surface area (Å²) in [6.45, 7) is 4.69. The van der Waals surface area contributed by atoms with Gasteiger partial charge in [-0.05, 0) is 80.8 Å². The minimum atomic E-state index is 0.493. The Morgan fingerprint density at radius 3 is 2.54 bits per heavy atom. The van der Waals surface area contributed by atoms with Crippen molar-refractivity contribution in [3.05, 3.63) is 42.0 Å². The van der Waals surface area contributed by atoms with Crippen molar-refractivity contribution in [1.29, 1.82) is 0 Å². The molecule has 2 fully saturated rings. The lowest BCUT2D eigenvalue weighted by Crippen LogP contribution is -2.36. The van der Waals surface area contributed by atoms with E-state index in [1.165, 1.54) is 50.9 Å². The molecule has 4 unspecified atom stereocenters. The van der Waals surface area contributed by atoms with Crippen LogP contribution in [0.25, 0.3) is 0 Å². The van der Waals surface area contributed by atoms with Gasteiger partial charge in [0.2, 0.25) is 0 Å². The highest BCUT2D eigenvalue weighted by molar-refractivity contribution is 5.29. The van der Waals surface area contributed by atoms with E-state index in [1.807, 2.05) is 0 Å². The second kappa shape index (κ2) is 7.28. The molecule has 1 N–H and O–H groups in total. The first kappa shape index (κ1) is 16.2. The molecule has 0 radical (unpaired) electrons. The van der Waals surface area contributed by atoms with Crippen LogP contribution in [-0.4, -0.2) is 38.2 Å². The van der Waals surface area contributed by atoms with Crippen molar-refractivity contribution in [3.8, 4) is 5.75 Å². The van der Waals surface area contributed by atoms with Gasteiger partial charge in [0.25, 0.3) is 0 Å². The lowest BCUT2D eigenvalue weighted by Gasteiger charge is -2.29. The summed E-state index contributed by atoms with van der Waals surface area (Å²) in [5.74, 6) is 3.52. The minimum Gasteiger partial charge on any atom is -0.497 e. The van der Waals surface area contributed by atoms with Crippen molar-refractivity contribution in [3.63, 3.8) is 0 Å². The van der Waals surface area contributed by atoms with Gasteiger partial charge < -0.3 is 10.1 Å². The van der Waals surface area contributed by atoms with Crippen LogP contribution in [0.5, 0.6) is 5.75 Å². The zero-order valence-electron chi connectivity index (χ0n) is 14.8. The van der Waals surface area contributed by atoms with Crippen LogP contribution in [0, 0.1) is 17.8 Å². The molecule has 1 aromatic carbocycles. The molecule has 3 aliphatic rings. The van der Waals surface area contributed by atoms with Gasteiger partial charge in [-0.25, -0.2) is 0 Å². The maximum atomic E-state index is 5.32. The average molecular weight is 326 g/mol. The molecule has 2 aliphatic carbocycles. The number of benzene rings is 1. The fourth-order valence-corrected chi connectivity index (χ4v) is 4.87. The molecular formula is C21H30N2O. The summed E-state index contributed by atoms with van der Waals surface area (Å²) in [7, 11) is 1.73. The van der Waals surface area contributed by atoms with E-state index in [4.69, 9.17) is 4.74 Å². The molecule has 1 saturated heterocycles. The van der Waals surface area contributed by atoms with Gasteiger partial charge in [0.1, 0.15) is 5.75 Å². The highest BCUT2D eigenvalue weighted by Gasteiger charge is 2.35. The molecule has 0 amide bonds. The SMILES string of the molecule is COc1ccc(C(CNCC2CC3C=CC2C3)N2CCCC2)cc1. The predicted octanol–water partition coefficient (Wildman–Crippen LogP) is 3.63. The van der Waals surface area contributed by atoms with Gasteiger partial charge in [-0.3, -0.25) is 4.90 Å². The summed E-state index contributed by atoms with van der Waals surface area (Å²) in [6, 6.07) is 9.17. The molecule has 0 aromatic heterocycles. The van der Waals surface area contributed by atoms with Gasteiger partial charge in [0, 0.05) is 12.6 Å². The van der Waals surface area contributed by atoms with E-state index in [-0.39, 0.29) is 0 Å². The molecule has 130 valence electrons. The van der Waals surface area contributed by atoms with E-state index in [1.54, 1.807) is 7.11 Å². The zero-order valence-corrected chi connectivity index (χ0v) is 14.8. The van der Waals surface area contributed by atoms with Gasteiger partial charge >= 0.3 is 0 Å². The number of allylic oxidation sites excluding steroid dienone is 2. The monoisotopic (exact) mass is 326 g/mol. The normalized spacial score (nSPS) is 30.1. The number of methoxy groups -OCH3 is 1. The smallest absolute Gasteiger partial charge is 0.118 e. The largest absolute Gasteiger partial charge is 0.497 e. The molecule has 2 bridgehead atoms.